The smallest absolute Gasteiger partial charge is 0.339 e. The Morgan fingerprint density at radius 3 is 2.79 bits per heavy atom. The SMILES string of the molecule is CN(C(=O)COC(=O)c1cc(N)ccc1Br)C1CC1. The average molecular weight is 327 g/mol. The lowest BCUT2D eigenvalue weighted by atomic mass is 10.2. The molecule has 2 rings (SSSR count). The highest BCUT2D eigenvalue weighted by molar-refractivity contribution is 9.10. The molecular weight excluding hydrogens is 312 g/mol. The number of ether oxygens (including phenoxy) is 1. The molecule has 5 nitrogen and oxygen atoms in total. The maximum absolute atomic E-state index is 11.9. The number of likely N-dealkylation sites (N-methyl/N-ethyl adjacent to an activating group) is 1. The molecule has 0 aliphatic heterocycles. The fraction of sp³-hybridized carbons (Fsp3) is 0.385. The fourth-order valence-corrected chi connectivity index (χ4v) is 2.08. The van der Waals surface area contributed by atoms with E-state index < -0.39 is 5.97 Å². The Morgan fingerprint density at radius 2 is 2.16 bits per heavy atom. The fourth-order valence-electron chi connectivity index (χ4n) is 1.67. The van der Waals surface area contributed by atoms with Crippen molar-refractivity contribution in [3.05, 3.63) is 28.2 Å². The molecule has 1 aliphatic rings. The van der Waals surface area contributed by atoms with E-state index in [2.05, 4.69) is 15.9 Å². The lowest BCUT2D eigenvalue weighted by Crippen LogP contribution is -2.32. The van der Waals surface area contributed by atoms with Gasteiger partial charge >= 0.3 is 5.97 Å². The number of hydrogen-bond donors (Lipinski definition) is 1. The van der Waals surface area contributed by atoms with Crippen LogP contribution in [0.4, 0.5) is 5.69 Å². The summed E-state index contributed by atoms with van der Waals surface area (Å²) >= 11 is 3.25. The van der Waals surface area contributed by atoms with Gasteiger partial charge in [0, 0.05) is 23.2 Å². The zero-order valence-electron chi connectivity index (χ0n) is 10.6. The summed E-state index contributed by atoms with van der Waals surface area (Å²) < 4.78 is 5.60. The van der Waals surface area contributed by atoms with Gasteiger partial charge in [0.05, 0.1) is 5.56 Å². The van der Waals surface area contributed by atoms with Crippen molar-refractivity contribution in [1.29, 1.82) is 0 Å². The number of carbonyl (C=O) groups excluding carboxylic acids is 2. The molecule has 1 saturated carbocycles. The van der Waals surface area contributed by atoms with Crippen molar-refractivity contribution in [2.45, 2.75) is 18.9 Å². The second kappa shape index (κ2) is 5.61. The number of amides is 1. The van der Waals surface area contributed by atoms with E-state index >= 15 is 0 Å². The third-order valence-corrected chi connectivity index (χ3v) is 3.72. The molecule has 0 unspecified atom stereocenters. The summed E-state index contributed by atoms with van der Waals surface area (Å²) in [5.41, 5.74) is 6.40. The van der Waals surface area contributed by atoms with Crippen LogP contribution in [0.3, 0.4) is 0 Å². The van der Waals surface area contributed by atoms with E-state index in [9.17, 15) is 9.59 Å². The molecule has 1 aliphatic carbocycles. The summed E-state index contributed by atoms with van der Waals surface area (Å²) in [6.45, 7) is -0.243. The first kappa shape index (κ1) is 13.9. The Bertz CT molecular complexity index is 515. The number of hydrogen-bond acceptors (Lipinski definition) is 4. The van der Waals surface area contributed by atoms with E-state index in [0.29, 0.717) is 21.8 Å². The van der Waals surface area contributed by atoms with Crippen molar-refractivity contribution < 1.29 is 14.3 Å². The van der Waals surface area contributed by atoms with Crippen molar-refractivity contribution in [2.75, 3.05) is 19.4 Å². The monoisotopic (exact) mass is 326 g/mol. The lowest BCUT2D eigenvalue weighted by Gasteiger charge is -2.16. The number of esters is 1. The number of rotatable bonds is 4. The number of anilines is 1. The molecule has 19 heavy (non-hydrogen) atoms. The second-order valence-corrected chi connectivity index (χ2v) is 5.41. The summed E-state index contributed by atoms with van der Waals surface area (Å²) in [6, 6.07) is 5.17. The van der Waals surface area contributed by atoms with Crippen LogP contribution in [0.2, 0.25) is 0 Å². The number of benzene rings is 1. The number of halogens is 1. The Labute approximate surface area is 119 Å². The van der Waals surface area contributed by atoms with Crippen LogP contribution in [-0.4, -0.2) is 36.5 Å². The van der Waals surface area contributed by atoms with Gasteiger partial charge in [0.2, 0.25) is 0 Å². The summed E-state index contributed by atoms with van der Waals surface area (Å²) in [5, 5.41) is 0. The zero-order valence-corrected chi connectivity index (χ0v) is 12.1. The molecular formula is C13H15BrN2O3. The van der Waals surface area contributed by atoms with Crippen LogP contribution in [0.25, 0.3) is 0 Å². The maximum atomic E-state index is 11.9. The van der Waals surface area contributed by atoms with E-state index in [1.54, 1.807) is 24.1 Å². The molecule has 0 heterocycles. The van der Waals surface area contributed by atoms with Crippen LogP contribution in [-0.2, 0) is 9.53 Å². The van der Waals surface area contributed by atoms with Gasteiger partial charge in [0.15, 0.2) is 6.61 Å². The summed E-state index contributed by atoms with van der Waals surface area (Å²) in [4.78, 5) is 25.2. The molecule has 0 saturated heterocycles. The Morgan fingerprint density at radius 1 is 1.47 bits per heavy atom. The third kappa shape index (κ3) is 3.47. The highest BCUT2D eigenvalue weighted by Crippen LogP contribution is 2.25. The second-order valence-electron chi connectivity index (χ2n) is 4.55. The third-order valence-electron chi connectivity index (χ3n) is 3.03. The first-order valence-corrected chi connectivity index (χ1v) is 6.76. The van der Waals surface area contributed by atoms with Crippen molar-refractivity contribution in [3.63, 3.8) is 0 Å². The minimum absolute atomic E-state index is 0.184. The molecule has 0 aromatic heterocycles. The Balaban J connectivity index is 1.93. The van der Waals surface area contributed by atoms with E-state index in [4.69, 9.17) is 10.5 Å². The molecule has 1 aromatic rings. The van der Waals surface area contributed by atoms with E-state index in [1.807, 2.05) is 0 Å². The highest BCUT2D eigenvalue weighted by Gasteiger charge is 2.30. The minimum Gasteiger partial charge on any atom is -0.452 e. The minimum atomic E-state index is -0.559. The van der Waals surface area contributed by atoms with Gasteiger partial charge in [-0.15, -0.1) is 0 Å². The van der Waals surface area contributed by atoms with E-state index in [1.165, 1.54) is 6.07 Å². The summed E-state index contributed by atoms with van der Waals surface area (Å²) in [6.07, 6.45) is 2.05. The molecule has 2 N–H and O–H groups in total. The summed E-state index contributed by atoms with van der Waals surface area (Å²) in [5.74, 6) is -0.743. The molecule has 6 heteroatoms. The van der Waals surface area contributed by atoms with Gasteiger partial charge in [0.25, 0.3) is 5.91 Å². The van der Waals surface area contributed by atoms with Gasteiger partial charge in [-0.25, -0.2) is 4.79 Å². The van der Waals surface area contributed by atoms with Crippen LogP contribution < -0.4 is 5.73 Å². The van der Waals surface area contributed by atoms with Gasteiger partial charge in [0.1, 0.15) is 0 Å². The molecule has 0 spiro atoms. The largest absolute Gasteiger partial charge is 0.452 e. The van der Waals surface area contributed by atoms with Crippen molar-refractivity contribution in [3.8, 4) is 0 Å². The zero-order chi connectivity index (χ0) is 14.0. The van der Waals surface area contributed by atoms with Crippen molar-refractivity contribution in [2.24, 2.45) is 0 Å². The van der Waals surface area contributed by atoms with E-state index in [0.717, 1.165) is 12.8 Å². The maximum Gasteiger partial charge on any atom is 0.339 e. The molecule has 1 fully saturated rings. The molecule has 1 amide bonds. The molecule has 102 valence electrons. The van der Waals surface area contributed by atoms with Gasteiger partial charge < -0.3 is 15.4 Å². The van der Waals surface area contributed by atoms with Gasteiger partial charge in [-0.3, -0.25) is 4.79 Å². The Hall–Kier alpha value is -1.56. The molecule has 0 bridgehead atoms. The normalized spacial score (nSPS) is 14.0. The lowest BCUT2D eigenvalue weighted by molar-refractivity contribution is -0.133. The molecule has 0 radical (unpaired) electrons. The van der Waals surface area contributed by atoms with Crippen molar-refractivity contribution in [1.82, 2.24) is 4.90 Å². The average Bonchev–Trinajstić information content (AvgIpc) is 3.21. The van der Waals surface area contributed by atoms with Gasteiger partial charge in [-0.2, -0.15) is 0 Å². The predicted octanol–water partition coefficient (Wildman–Crippen LogP) is 1.81. The number of nitrogen functional groups attached to an aromatic ring is 1. The number of nitrogens with two attached hydrogens (primary N) is 1. The highest BCUT2D eigenvalue weighted by atomic mass is 79.9. The number of nitrogens with zero attached hydrogens (tertiary/aromatic N) is 1. The van der Waals surface area contributed by atoms with Crippen LogP contribution >= 0.6 is 15.9 Å². The van der Waals surface area contributed by atoms with Crippen LogP contribution in [0.15, 0.2) is 22.7 Å². The van der Waals surface area contributed by atoms with Gasteiger partial charge in [-0.05, 0) is 47.0 Å². The summed E-state index contributed by atoms with van der Waals surface area (Å²) in [7, 11) is 1.73. The van der Waals surface area contributed by atoms with Crippen LogP contribution in [0, 0.1) is 0 Å². The topological polar surface area (TPSA) is 72.6 Å². The molecule has 1 aromatic carbocycles. The first-order valence-electron chi connectivity index (χ1n) is 5.97. The van der Waals surface area contributed by atoms with Crippen molar-refractivity contribution >= 4 is 33.5 Å². The van der Waals surface area contributed by atoms with E-state index in [-0.39, 0.29) is 12.5 Å². The van der Waals surface area contributed by atoms with Crippen LogP contribution in [0.1, 0.15) is 23.2 Å². The predicted molar refractivity (Wildman–Crippen MR) is 74.6 cm³/mol. The number of carbonyl (C=O) groups is 2. The Kier molecular flexibility index (Phi) is 4.09. The van der Waals surface area contributed by atoms with Crippen LogP contribution in [0.5, 0.6) is 0 Å². The molecule has 0 atom stereocenters. The first-order chi connectivity index (χ1) is 8.99. The standard InChI is InChI=1S/C13H15BrN2O3/c1-16(9-3-4-9)12(17)7-19-13(18)10-6-8(15)2-5-11(10)14/h2,5-6,9H,3-4,7,15H2,1H3. The quantitative estimate of drug-likeness (QED) is 0.676. The van der Waals surface area contributed by atoms with Gasteiger partial charge in [-0.1, -0.05) is 0 Å².